The lowest BCUT2D eigenvalue weighted by atomic mass is 10.1. The van der Waals surface area contributed by atoms with E-state index in [0.717, 1.165) is 20.2 Å². The fraction of sp³-hybridized carbons (Fsp3) is 0.188. The van der Waals surface area contributed by atoms with Crippen molar-refractivity contribution in [3.63, 3.8) is 0 Å². The molecule has 108 valence electrons. The Morgan fingerprint density at radius 2 is 2.14 bits per heavy atom. The Balaban J connectivity index is 1.61. The molecule has 1 aliphatic rings. The largest absolute Gasteiger partial charge is 0.488 e. The minimum absolute atomic E-state index is 0.0103. The van der Waals surface area contributed by atoms with Gasteiger partial charge in [-0.3, -0.25) is 4.79 Å². The van der Waals surface area contributed by atoms with Crippen LogP contribution in [0, 0.1) is 3.57 Å². The maximum absolute atomic E-state index is 12.3. The van der Waals surface area contributed by atoms with Gasteiger partial charge in [0.25, 0.3) is 5.91 Å². The fourth-order valence-electron chi connectivity index (χ4n) is 2.34. The molecule has 1 amide bonds. The Hall–Kier alpha value is -1.08. The first-order chi connectivity index (χ1) is 10.1. The number of fused-ring (bicyclic) bond motifs is 1. The molecule has 1 unspecified atom stereocenters. The quantitative estimate of drug-likeness (QED) is 0.712. The molecule has 3 rings (SSSR count). The van der Waals surface area contributed by atoms with Gasteiger partial charge in [0, 0.05) is 14.5 Å². The number of rotatable bonds is 3. The summed E-state index contributed by atoms with van der Waals surface area (Å²) < 4.78 is 7.66. The first-order valence-corrected chi connectivity index (χ1v) is 8.48. The number of benzene rings is 2. The Bertz CT molecular complexity index is 665. The van der Waals surface area contributed by atoms with Gasteiger partial charge in [-0.25, -0.2) is 0 Å². The Kier molecular flexibility index (Phi) is 4.49. The molecule has 1 N–H and O–H groups in total. The second-order valence-electron chi connectivity index (χ2n) is 4.89. The Morgan fingerprint density at radius 3 is 2.95 bits per heavy atom. The highest BCUT2D eigenvalue weighted by atomic mass is 127. The molecular formula is C16H13BrINO2. The van der Waals surface area contributed by atoms with E-state index < -0.39 is 0 Å². The zero-order valence-corrected chi connectivity index (χ0v) is 14.8. The SMILES string of the molecule is O=C(NCC1Cc2ccccc2O1)c1cc(Br)ccc1I. The zero-order chi connectivity index (χ0) is 14.8. The number of para-hydroxylation sites is 1. The van der Waals surface area contributed by atoms with Crippen molar-refractivity contribution in [1.29, 1.82) is 0 Å². The van der Waals surface area contributed by atoms with Gasteiger partial charge in [-0.05, 0) is 52.4 Å². The van der Waals surface area contributed by atoms with Crippen LogP contribution >= 0.6 is 38.5 Å². The number of hydrogen-bond acceptors (Lipinski definition) is 2. The number of halogens is 2. The second-order valence-corrected chi connectivity index (χ2v) is 6.96. The average Bonchev–Trinajstić information content (AvgIpc) is 2.90. The summed E-state index contributed by atoms with van der Waals surface area (Å²) in [5.41, 5.74) is 1.88. The number of amides is 1. The summed E-state index contributed by atoms with van der Waals surface area (Å²) in [5, 5.41) is 2.95. The van der Waals surface area contributed by atoms with E-state index in [2.05, 4.69) is 49.9 Å². The molecule has 0 aliphatic carbocycles. The average molecular weight is 458 g/mol. The van der Waals surface area contributed by atoms with Crippen molar-refractivity contribution in [3.05, 3.63) is 61.6 Å². The normalized spacial score (nSPS) is 16.2. The van der Waals surface area contributed by atoms with Crippen molar-refractivity contribution < 1.29 is 9.53 Å². The molecule has 5 heteroatoms. The highest BCUT2D eigenvalue weighted by Crippen LogP contribution is 2.27. The van der Waals surface area contributed by atoms with Crippen LogP contribution < -0.4 is 10.1 Å². The number of ether oxygens (including phenoxy) is 1. The van der Waals surface area contributed by atoms with E-state index in [1.165, 1.54) is 5.56 Å². The number of hydrogen-bond donors (Lipinski definition) is 1. The number of carbonyl (C=O) groups is 1. The van der Waals surface area contributed by atoms with Crippen LogP contribution in [0.4, 0.5) is 0 Å². The molecule has 2 aromatic carbocycles. The molecule has 1 atom stereocenters. The summed E-state index contributed by atoms with van der Waals surface area (Å²) in [5.74, 6) is 0.856. The first-order valence-electron chi connectivity index (χ1n) is 6.61. The molecular weight excluding hydrogens is 445 g/mol. The van der Waals surface area contributed by atoms with Crippen LogP contribution in [0.3, 0.4) is 0 Å². The van der Waals surface area contributed by atoms with E-state index >= 15 is 0 Å². The summed E-state index contributed by atoms with van der Waals surface area (Å²) >= 11 is 5.56. The van der Waals surface area contributed by atoms with Crippen molar-refractivity contribution in [1.82, 2.24) is 5.32 Å². The molecule has 3 nitrogen and oxygen atoms in total. The van der Waals surface area contributed by atoms with Crippen LogP contribution in [0.5, 0.6) is 5.75 Å². The first kappa shape index (κ1) is 14.8. The van der Waals surface area contributed by atoms with Gasteiger partial charge < -0.3 is 10.1 Å². The molecule has 0 bridgehead atoms. The van der Waals surface area contributed by atoms with Gasteiger partial charge in [0.15, 0.2) is 0 Å². The highest BCUT2D eigenvalue weighted by molar-refractivity contribution is 14.1. The van der Waals surface area contributed by atoms with E-state index in [1.807, 2.05) is 36.4 Å². The van der Waals surface area contributed by atoms with Gasteiger partial charge in [-0.15, -0.1) is 0 Å². The number of nitrogens with one attached hydrogen (secondary N) is 1. The van der Waals surface area contributed by atoms with E-state index in [1.54, 1.807) is 0 Å². The Morgan fingerprint density at radius 1 is 1.33 bits per heavy atom. The van der Waals surface area contributed by atoms with Gasteiger partial charge in [-0.2, -0.15) is 0 Å². The molecule has 0 aromatic heterocycles. The lowest BCUT2D eigenvalue weighted by Crippen LogP contribution is -2.34. The van der Waals surface area contributed by atoms with Gasteiger partial charge in [0.1, 0.15) is 11.9 Å². The minimum Gasteiger partial charge on any atom is -0.488 e. The molecule has 21 heavy (non-hydrogen) atoms. The maximum Gasteiger partial charge on any atom is 0.252 e. The van der Waals surface area contributed by atoms with Crippen molar-refractivity contribution in [2.45, 2.75) is 12.5 Å². The molecule has 1 aliphatic heterocycles. The van der Waals surface area contributed by atoms with Crippen LogP contribution in [0.2, 0.25) is 0 Å². The molecule has 2 aromatic rings. The molecule has 0 saturated heterocycles. The van der Waals surface area contributed by atoms with E-state index in [0.29, 0.717) is 12.1 Å². The standard InChI is InChI=1S/C16H13BrINO2/c17-11-5-6-14(18)13(8-11)16(20)19-9-12-7-10-3-1-2-4-15(10)21-12/h1-6,8,12H,7,9H2,(H,19,20). The van der Waals surface area contributed by atoms with Crippen molar-refractivity contribution in [3.8, 4) is 5.75 Å². The van der Waals surface area contributed by atoms with Gasteiger partial charge in [0.05, 0.1) is 12.1 Å². The summed E-state index contributed by atoms with van der Waals surface area (Å²) in [7, 11) is 0. The van der Waals surface area contributed by atoms with Crippen LogP contribution in [-0.2, 0) is 6.42 Å². The van der Waals surface area contributed by atoms with Gasteiger partial charge in [0.2, 0.25) is 0 Å². The smallest absolute Gasteiger partial charge is 0.252 e. The minimum atomic E-state index is -0.0692. The predicted molar refractivity (Wildman–Crippen MR) is 93.8 cm³/mol. The fourth-order valence-corrected chi connectivity index (χ4v) is 3.28. The van der Waals surface area contributed by atoms with E-state index in [9.17, 15) is 4.79 Å². The third-order valence-corrected chi connectivity index (χ3v) is 4.81. The molecule has 1 heterocycles. The van der Waals surface area contributed by atoms with Crippen molar-refractivity contribution >= 4 is 44.4 Å². The zero-order valence-electron chi connectivity index (χ0n) is 11.1. The van der Waals surface area contributed by atoms with Crippen LogP contribution in [0.1, 0.15) is 15.9 Å². The second kappa shape index (κ2) is 6.36. The number of carbonyl (C=O) groups excluding carboxylic acids is 1. The Labute approximate surface area is 145 Å². The lowest BCUT2D eigenvalue weighted by Gasteiger charge is -2.12. The predicted octanol–water partition coefficient (Wildman–Crippen LogP) is 3.79. The molecule has 0 radical (unpaired) electrons. The monoisotopic (exact) mass is 457 g/mol. The molecule has 0 fully saturated rings. The lowest BCUT2D eigenvalue weighted by molar-refractivity contribution is 0.0932. The van der Waals surface area contributed by atoms with Crippen molar-refractivity contribution in [2.24, 2.45) is 0 Å². The summed E-state index contributed by atoms with van der Waals surface area (Å²) in [6.45, 7) is 0.510. The third kappa shape index (κ3) is 3.40. The van der Waals surface area contributed by atoms with E-state index in [-0.39, 0.29) is 12.0 Å². The van der Waals surface area contributed by atoms with Crippen molar-refractivity contribution in [2.75, 3.05) is 6.54 Å². The van der Waals surface area contributed by atoms with Crippen LogP contribution in [0.15, 0.2) is 46.9 Å². The third-order valence-electron chi connectivity index (χ3n) is 3.38. The van der Waals surface area contributed by atoms with Crippen LogP contribution in [-0.4, -0.2) is 18.6 Å². The van der Waals surface area contributed by atoms with E-state index in [4.69, 9.17) is 4.74 Å². The summed E-state index contributed by atoms with van der Waals surface area (Å²) in [4.78, 5) is 12.3. The van der Waals surface area contributed by atoms with Gasteiger partial charge >= 0.3 is 0 Å². The van der Waals surface area contributed by atoms with Gasteiger partial charge in [-0.1, -0.05) is 34.1 Å². The highest BCUT2D eigenvalue weighted by Gasteiger charge is 2.23. The molecule has 0 spiro atoms. The maximum atomic E-state index is 12.3. The topological polar surface area (TPSA) is 38.3 Å². The van der Waals surface area contributed by atoms with Crippen LogP contribution in [0.25, 0.3) is 0 Å². The molecule has 0 saturated carbocycles. The summed E-state index contributed by atoms with van der Waals surface area (Å²) in [6, 6.07) is 13.7. The summed E-state index contributed by atoms with van der Waals surface area (Å²) in [6.07, 6.45) is 0.850.